The number of aliphatic imine (C=N–C) groups is 1. The van der Waals surface area contributed by atoms with Crippen LogP contribution >= 0.6 is 0 Å². The molecule has 0 spiro atoms. The monoisotopic (exact) mass is 755 g/mol. The zero-order chi connectivity index (χ0) is 39.1. The Morgan fingerprint density at radius 3 is 2.42 bits per heavy atom. The molecule has 1 fully saturated rings. The van der Waals surface area contributed by atoms with Crippen LogP contribution in [-0.4, -0.2) is 105 Å². The number of nitrogens with one attached hydrogen (secondary N) is 1. The Labute approximate surface area is 312 Å². The van der Waals surface area contributed by atoms with Crippen molar-refractivity contribution in [3.8, 4) is 22.6 Å². The van der Waals surface area contributed by atoms with Crippen LogP contribution in [0.15, 0.2) is 98.5 Å². The molecular weight excluding hydrogens is 718 g/mol. The maximum absolute atomic E-state index is 13.4. The molecule has 16 nitrogen and oxygen atoms in total. The lowest BCUT2D eigenvalue weighted by molar-refractivity contribution is -0.344. The molecule has 16 heteroatoms. The average Bonchev–Trinajstić information content (AvgIpc) is 3.73. The number of nitrogens with zero attached hydrogens (tertiary/aromatic N) is 2. The molecule has 55 heavy (non-hydrogen) atoms. The lowest BCUT2D eigenvalue weighted by atomic mass is 9.98. The first kappa shape index (κ1) is 37.4. The van der Waals surface area contributed by atoms with Crippen LogP contribution in [0.2, 0.25) is 0 Å². The summed E-state index contributed by atoms with van der Waals surface area (Å²) in [5.41, 5.74) is 5.31. The fraction of sp³-hybridized carbons (Fsp3) is 0.282. The number of carboxylic acid groups (broad SMARTS) is 1. The van der Waals surface area contributed by atoms with Crippen molar-refractivity contribution in [2.75, 3.05) is 13.6 Å². The molecule has 3 aromatic carbocycles. The number of benzene rings is 3. The van der Waals surface area contributed by atoms with Crippen molar-refractivity contribution in [1.82, 2.24) is 10.4 Å². The summed E-state index contributed by atoms with van der Waals surface area (Å²) < 4.78 is 22.9. The van der Waals surface area contributed by atoms with Gasteiger partial charge in [0.25, 0.3) is 0 Å². The molecule has 0 radical (unpaired) electrons. The Morgan fingerprint density at radius 1 is 1.00 bits per heavy atom. The first-order chi connectivity index (χ1) is 26.3. The lowest BCUT2D eigenvalue weighted by Gasteiger charge is -2.44. The molecule has 4 aromatic rings. The zero-order valence-corrected chi connectivity index (χ0v) is 29.7. The van der Waals surface area contributed by atoms with Crippen LogP contribution in [-0.2, 0) is 23.9 Å². The largest absolute Gasteiger partial charge is 0.508 e. The van der Waals surface area contributed by atoms with E-state index in [0.29, 0.717) is 17.0 Å². The first-order valence-electron chi connectivity index (χ1n) is 17.2. The predicted octanol–water partition coefficient (Wildman–Crippen LogP) is 2.14. The molecule has 1 aromatic heterocycles. The second-order valence-electron chi connectivity index (χ2n) is 13.3. The minimum Gasteiger partial charge on any atom is -0.508 e. The highest BCUT2D eigenvalue weighted by Crippen LogP contribution is 2.40. The number of rotatable bonds is 11. The third-order valence-electron chi connectivity index (χ3n) is 9.36. The van der Waals surface area contributed by atoms with Crippen LogP contribution in [0, 0.1) is 13.8 Å². The third-order valence-corrected chi connectivity index (χ3v) is 9.36. The molecule has 7 rings (SSSR count). The van der Waals surface area contributed by atoms with Crippen LogP contribution < -0.4 is 15.5 Å². The number of aliphatic carboxylic acids is 1. The summed E-state index contributed by atoms with van der Waals surface area (Å²) in [5, 5.41) is 56.7. The molecule has 4 heterocycles. The molecule has 0 bridgehead atoms. The molecule has 0 aliphatic carbocycles. The second-order valence-corrected chi connectivity index (χ2v) is 13.3. The molecule has 0 unspecified atom stereocenters. The number of fused-ring (bicyclic) bond motifs is 2. The van der Waals surface area contributed by atoms with Gasteiger partial charge in [-0.05, 0) is 68.9 Å². The smallest absolute Gasteiger partial charge is 0.337 e. The molecule has 0 amide bonds. The van der Waals surface area contributed by atoms with E-state index in [1.165, 1.54) is 48.7 Å². The van der Waals surface area contributed by atoms with Crippen molar-refractivity contribution in [3.05, 3.63) is 111 Å². The Hall–Kier alpha value is -5.88. The second kappa shape index (κ2) is 15.1. The van der Waals surface area contributed by atoms with Gasteiger partial charge >= 0.3 is 11.9 Å². The number of aliphatic hydroxyl groups is 3. The fourth-order valence-electron chi connectivity index (χ4n) is 6.74. The van der Waals surface area contributed by atoms with Gasteiger partial charge in [0.1, 0.15) is 35.6 Å². The quantitative estimate of drug-likeness (QED) is 0.0732. The van der Waals surface area contributed by atoms with E-state index in [2.05, 4.69) is 10.3 Å². The van der Waals surface area contributed by atoms with Crippen molar-refractivity contribution >= 4 is 34.8 Å². The molecule has 6 N–H and O–H groups in total. The summed E-state index contributed by atoms with van der Waals surface area (Å²) in [5.74, 6) is -2.88. The topological polar surface area (TPSA) is 230 Å². The van der Waals surface area contributed by atoms with Crippen LogP contribution in [0.3, 0.4) is 0 Å². The SMILES string of the molecule is CN[C@H](C(=O)O)C(=O)O[C@H](O)[C@@H]1O[C@H](Oc2ccc3c(=O)c(-c4ccc(O)cc4)coc3c2)[C@@H](ON2CC3=CC=NC3=C2c2cc(C)cc(C)c2)[C@H](O)[C@H]1O. The number of aryl methyl sites for hydroxylation is 2. The molecule has 0 saturated carbocycles. The normalized spacial score (nSPS) is 23.1. The molecular formula is C39H37N3O13. The number of aromatic hydroxyl groups is 1. The number of likely N-dealkylation sites (N-methyl/N-ethyl adjacent to an activating group) is 1. The van der Waals surface area contributed by atoms with Gasteiger partial charge in [-0.15, -0.1) is 0 Å². The molecule has 286 valence electrons. The Kier molecular flexibility index (Phi) is 10.3. The van der Waals surface area contributed by atoms with Gasteiger partial charge in [-0.2, -0.15) is 0 Å². The van der Waals surface area contributed by atoms with E-state index in [4.69, 9.17) is 23.5 Å². The number of phenols is 1. The summed E-state index contributed by atoms with van der Waals surface area (Å²) in [6.45, 7) is 4.09. The maximum atomic E-state index is 13.4. The van der Waals surface area contributed by atoms with E-state index in [1.54, 1.807) is 18.3 Å². The number of carbonyl (C=O) groups excluding carboxylic acids is 1. The number of carbonyl (C=O) groups is 2. The van der Waals surface area contributed by atoms with E-state index in [-0.39, 0.29) is 40.0 Å². The molecule has 7 atom stereocenters. The van der Waals surface area contributed by atoms with E-state index < -0.39 is 55.0 Å². The highest BCUT2D eigenvalue weighted by atomic mass is 16.8. The van der Waals surface area contributed by atoms with Gasteiger partial charge in [0.15, 0.2) is 17.6 Å². The van der Waals surface area contributed by atoms with Gasteiger partial charge in [-0.1, -0.05) is 29.3 Å². The number of aliphatic hydroxyl groups excluding tert-OH is 3. The van der Waals surface area contributed by atoms with E-state index in [9.17, 15) is 39.9 Å². The fourth-order valence-corrected chi connectivity index (χ4v) is 6.74. The molecule has 3 aliphatic heterocycles. The lowest BCUT2D eigenvalue weighted by Crippen LogP contribution is -2.64. The van der Waals surface area contributed by atoms with Crippen LogP contribution in [0.25, 0.3) is 27.8 Å². The number of hydrogen-bond acceptors (Lipinski definition) is 15. The Morgan fingerprint density at radius 2 is 1.73 bits per heavy atom. The van der Waals surface area contributed by atoms with Crippen LogP contribution in [0.4, 0.5) is 0 Å². The summed E-state index contributed by atoms with van der Waals surface area (Å²) in [6.07, 6.45) is -6.33. The third kappa shape index (κ3) is 7.34. The van der Waals surface area contributed by atoms with Crippen molar-refractivity contribution in [2.45, 2.75) is 56.9 Å². The first-order valence-corrected chi connectivity index (χ1v) is 17.2. The predicted molar refractivity (Wildman–Crippen MR) is 194 cm³/mol. The van der Waals surface area contributed by atoms with Crippen molar-refractivity contribution in [1.29, 1.82) is 0 Å². The summed E-state index contributed by atoms with van der Waals surface area (Å²) >= 11 is 0. The average molecular weight is 756 g/mol. The standard InChI is InChI=1S/C39H37N3O13/c1-18-12-19(2)14-22(13-18)30-28-21(10-11-41-28)16-42(30)55-35-33(46)32(45)34(38(50)54-37(49)29(40-3)36(47)48)53-39(35)52-24-8-9-25-27(15-24)51-17-26(31(25)44)20-4-6-23(43)7-5-20/h4-15,17,29,32-35,38-40,43,45-46,50H,16H2,1-3H3,(H,47,48)/t29-,32-,33-,34-,35+,38+,39+/m1/s1. The Balaban J connectivity index is 1.22. The van der Waals surface area contributed by atoms with Gasteiger partial charge in [0.2, 0.25) is 18.6 Å². The minimum atomic E-state index is -2.27. The number of hydroxylamine groups is 2. The summed E-state index contributed by atoms with van der Waals surface area (Å²) in [7, 11) is 1.20. The Bertz CT molecular complexity index is 2280. The van der Waals surface area contributed by atoms with Crippen molar-refractivity contribution in [2.24, 2.45) is 4.99 Å². The van der Waals surface area contributed by atoms with E-state index in [0.717, 1.165) is 22.3 Å². The van der Waals surface area contributed by atoms with Gasteiger partial charge < -0.3 is 44.2 Å². The maximum Gasteiger partial charge on any atom is 0.337 e. The summed E-state index contributed by atoms with van der Waals surface area (Å²) in [4.78, 5) is 48.4. The summed E-state index contributed by atoms with van der Waals surface area (Å²) in [6, 6.07) is 14.4. The number of esters is 1. The van der Waals surface area contributed by atoms with Gasteiger partial charge in [0.05, 0.1) is 28.9 Å². The van der Waals surface area contributed by atoms with Gasteiger partial charge in [0, 0.05) is 23.4 Å². The highest BCUT2D eigenvalue weighted by Gasteiger charge is 2.52. The zero-order valence-electron chi connectivity index (χ0n) is 29.7. The minimum absolute atomic E-state index is 0.0345. The van der Waals surface area contributed by atoms with Crippen LogP contribution in [0.5, 0.6) is 11.5 Å². The van der Waals surface area contributed by atoms with Gasteiger partial charge in [-0.3, -0.25) is 19.9 Å². The number of hydrogen-bond donors (Lipinski definition) is 6. The molecule has 1 saturated heterocycles. The number of allylic oxidation sites excluding steroid dienone is 1. The van der Waals surface area contributed by atoms with Crippen molar-refractivity contribution in [3.63, 3.8) is 0 Å². The van der Waals surface area contributed by atoms with Crippen LogP contribution in [0.1, 0.15) is 16.7 Å². The highest BCUT2D eigenvalue weighted by molar-refractivity contribution is 5.98. The van der Waals surface area contributed by atoms with E-state index in [1.807, 2.05) is 38.1 Å². The number of ether oxygens (including phenoxy) is 3. The molecule has 3 aliphatic rings. The number of carboxylic acids is 1. The van der Waals surface area contributed by atoms with Gasteiger partial charge in [-0.25, -0.2) is 14.7 Å². The van der Waals surface area contributed by atoms with Crippen molar-refractivity contribution < 1.29 is 58.6 Å². The number of phenolic OH excluding ortho intramolecular Hbond substituents is 1. The van der Waals surface area contributed by atoms with E-state index >= 15 is 0 Å².